The fourth-order valence-corrected chi connectivity index (χ4v) is 7.27. The Morgan fingerprint density at radius 3 is 2.16 bits per heavy atom. The molecule has 1 N–H and O–H groups in total. The first-order chi connectivity index (χ1) is 15.4. The van der Waals surface area contributed by atoms with Gasteiger partial charge in [-0.05, 0) is 74.5 Å². The minimum atomic E-state index is -2.68. The number of imidazole rings is 1. The van der Waals surface area contributed by atoms with Gasteiger partial charge in [-0.25, -0.2) is 13.8 Å². The van der Waals surface area contributed by atoms with Crippen molar-refractivity contribution in [1.82, 2.24) is 19.8 Å². The topological polar surface area (TPSA) is 69.3 Å². The molecule has 4 saturated carbocycles. The molecule has 0 atom stereocenters. The summed E-state index contributed by atoms with van der Waals surface area (Å²) in [6.45, 7) is 2.13. The Morgan fingerprint density at radius 2 is 1.56 bits per heavy atom. The van der Waals surface area contributed by atoms with Crippen LogP contribution in [-0.4, -0.2) is 57.8 Å². The van der Waals surface area contributed by atoms with Gasteiger partial charge in [0.1, 0.15) is 0 Å². The molecule has 7 rings (SSSR count). The highest BCUT2D eigenvalue weighted by molar-refractivity contribution is 5.97. The van der Waals surface area contributed by atoms with Crippen LogP contribution in [0.3, 0.4) is 0 Å². The fourth-order valence-electron chi connectivity index (χ4n) is 7.27. The molecular weight excluding hydrogens is 414 g/mol. The lowest BCUT2D eigenvalue weighted by molar-refractivity contribution is -0.159. The second kappa shape index (κ2) is 7.25. The van der Waals surface area contributed by atoms with E-state index < -0.39 is 6.43 Å². The third-order valence-electron chi connectivity index (χ3n) is 8.30. The molecule has 1 aromatic carbocycles. The van der Waals surface area contributed by atoms with Crippen molar-refractivity contribution in [2.24, 2.45) is 23.2 Å². The van der Waals surface area contributed by atoms with Gasteiger partial charge in [0, 0.05) is 31.7 Å². The molecule has 2 heterocycles. The van der Waals surface area contributed by atoms with Gasteiger partial charge in [0.05, 0.1) is 16.4 Å². The first-order valence-corrected chi connectivity index (χ1v) is 11.8. The van der Waals surface area contributed by atoms with E-state index in [1.165, 1.54) is 19.3 Å². The largest absolute Gasteiger partial charge is 0.339 e. The van der Waals surface area contributed by atoms with Gasteiger partial charge in [-0.3, -0.25) is 9.59 Å². The summed E-state index contributed by atoms with van der Waals surface area (Å²) >= 11 is 0. The minimum absolute atomic E-state index is 0.137. The Morgan fingerprint density at radius 1 is 0.969 bits per heavy atom. The van der Waals surface area contributed by atoms with Crippen molar-refractivity contribution in [3.05, 3.63) is 29.6 Å². The number of rotatable bonds is 3. The van der Waals surface area contributed by atoms with Gasteiger partial charge in [-0.15, -0.1) is 0 Å². The van der Waals surface area contributed by atoms with E-state index in [1.807, 2.05) is 4.90 Å². The number of nitrogens with one attached hydrogen (secondary N) is 1. The molecular formula is C24H28F2N4O2. The number of hydrogen-bond acceptors (Lipinski definition) is 3. The molecule has 2 amide bonds. The molecule has 1 saturated heterocycles. The van der Waals surface area contributed by atoms with Gasteiger partial charge >= 0.3 is 0 Å². The van der Waals surface area contributed by atoms with E-state index in [0.29, 0.717) is 48.7 Å². The molecule has 1 aromatic heterocycles. The normalized spacial score (nSPS) is 31.7. The van der Waals surface area contributed by atoms with E-state index >= 15 is 0 Å². The Bertz CT molecular complexity index is 1040. The average molecular weight is 443 g/mol. The standard InChI is InChI=1S/C24H28F2N4O2/c25-20(26)21-27-18-2-1-17(10-19(18)28-21)22(31)29-3-5-30(6-4-29)23(32)24-11-14-7-15(12-24)9-16(8-14)13-24/h1-2,10,14-16,20H,3-9,11-13H2,(H,27,28). The van der Waals surface area contributed by atoms with Crippen molar-refractivity contribution >= 4 is 22.8 Å². The summed E-state index contributed by atoms with van der Waals surface area (Å²) in [6.07, 6.45) is 4.43. The molecule has 5 aliphatic rings. The first kappa shape index (κ1) is 20.1. The molecule has 8 heteroatoms. The van der Waals surface area contributed by atoms with Crippen LogP contribution in [0, 0.1) is 23.2 Å². The summed E-state index contributed by atoms with van der Waals surface area (Å²) < 4.78 is 25.8. The number of alkyl halides is 2. The maximum absolute atomic E-state index is 13.6. The zero-order valence-electron chi connectivity index (χ0n) is 18.0. The monoisotopic (exact) mass is 442 g/mol. The highest BCUT2D eigenvalue weighted by atomic mass is 19.3. The summed E-state index contributed by atoms with van der Waals surface area (Å²) in [7, 11) is 0. The van der Waals surface area contributed by atoms with Crippen molar-refractivity contribution in [2.75, 3.05) is 26.2 Å². The van der Waals surface area contributed by atoms with E-state index in [9.17, 15) is 18.4 Å². The molecule has 0 radical (unpaired) electrons. The summed E-state index contributed by atoms with van der Waals surface area (Å²) in [4.78, 5) is 36.8. The van der Waals surface area contributed by atoms with Crippen LogP contribution < -0.4 is 0 Å². The van der Waals surface area contributed by atoms with Gasteiger partial charge in [-0.2, -0.15) is 0 Å². The number of aromatic nitrogens is 2. The minimum Gasteiger partial charge on any atom is -0.339 e. The number of piperazine rings is 1. The maximum Gasteiger partial charge on any atom is 0.295 e. The third-order valence-corrected chi connectivity index (χ3v) is 8.30. The van der Waals surface area contributed by atoms with Crippen LogP contribution >= 0.6 is 0 Å². The predicted molar refractivity (Wildman–Crippen MR) is 114 cm³/mol. The molecule has 0 unspecified atom stereocenters. The molecule has 2 aromatic rings. The number of halogens is 2. The molecule has 5 fully saturated rings. The third kappa shape index (κ3) is 3.21. The van der Waals surface area contributed by atoms with Crippen LogP contribution in [-0.2, 0) is 4.79 Å². The van der Waals surface area contributed by atoms with Crippen LogP contribution in [0.15, 0.2) is 18.2 Å². The van der Waals surface area contributed by atoms with E-state index in [-0.39, 0.29) is 17.1 Å². The lowest BCUT2D eigenvalue weighted by Crippen LogP contribution is -2.58. The Balaban J connectivity index is 1.12. The highest BCUT2D eigenvalue weighted by Crippen LogP contribution is 2.60. The van der Waals surface area contributed by atoms with E-state index in [1.54, 1.807) is 23.1 Å². The van der Waals surface area contributed by atoms with Gasteiger partial charge in [0.25, 0.3) is 12.3 Å². The smallest absolute Gasteiger partial charge is 0.295 e. The van der Waals surface area contributed by atoms with Crippen LogP contribution in [0.2, 0.25) is 0 Å². The van der Waals surface area contributed by atoms with Crippen molar-refractivity contribution in [2.45, 2.75) is 45.0 Å². The fraction of sp³-hybridized carbons (Fsp3) is 0.625. The second-order valence-corrected chi connectivity index (χ2v) is 10.4. The molecule has 6 nitrogen and oxygen atoms in total. The van der Waals surface area contributed by atoms with Crippen LogP contribution in [0.1, 0.15) is 61.1 Å². The van der Waals surface area contributed by atoms with E-state index in [2.05, 4.69) is 9.97 Å². The molecule has 4 aliphatic carbocycles. The predicted octanol–water partition coefficient (Wildman–Crippen LogP) is 4.00. The van der Waals surface area contributed by atoms with Crippen molar-refractivity contribution < 1.29 is 18.4 Å². The van der Waals surface area contributed by atoms with Gasteiger partial charge < -0.3 is 14.8 Å². The van der Waals surface area contributed by atoms with Gasteiger partial charge in [0.15, 0.2) is 5.82 Å². The second-order valence-electron chi connectivity index (χ2n) is 10.4. The van der Waals surface area contributed by atoms with Crippen molar-refractivity contribution in [1.29, 1.82) is 0 Å². The molecule has 32 heavy (non-hydrogen) atoms. The van der Waals surface area contributed by atoms with E-state index in [4.69, 9.17) is 0 Å². The van der Waals surface area contributed by atoms with E-state index in [0.717, 1.165) is 37.0 Å². The molecule has 0 spiro atoms. The number of hydrogen-bond donors (Lipinski definition) is 1. The summed E-state index contributed by atoms with van der Waals surface area (Å²) in [5.41, 5.74) is 1.15. The number of aromatic amines is 1. The zero-order chi connectivity index (χ0) is 22.0. The van der Waals surface area contributed by atoms with Crippen LogP contribution in [0.5, 0.6) is 0 Å². The lowest BCUT2D eigenvalue weighted by atomic mass is 9.49. The number of H-pyrrole nitrogens is 1. The van der Waals surface area contributed by atoms with Crippen molar-refractivity contribution in [3.8, 4) is 0 Å². The maximum atomic E-state index is 13.6. The number of nitrogens with zero attached hydrogens (tertiary/aromatic N) is 3. The summed E-state index contributed by atoms with van der Waals surface area (Å²) in [5, 5.41) is 0. The molecule has 4 bridgehead atoms. The number of carbonyl (C=O) groups is 2. The summed E-state index contributed by atoms with van der Waals surface area (Å²) in [5.74, 6) is 1.99. The highest BCUT2D eigenvalue weighted by Gasteiger charge is 2.55. The molecule has 1 aliphatic heterocycles. The Hall–Kier alpha value is -2.51. The van der Waals surface area contributed by atoms with Crippen LogP contribution in [0.4, 0.5) is 8.78 Å². The first-order valence-electron chi connectivity index (χ1n) is 11.8. The number of carbonyl (C=O) groups excluding carboxylic acids is 2. The summed E-state index contributed by atoms with van der Waals surface area (Å²) in [6, 6.07) is 4.81. The SMILES string of the molecule is O=C(c1ccc2nc(C(F)F)[nH]c2c1)N1CCN(C(=O)C23CC4CC(CC(C4)C2)C3)CC1. The number of amides is 2. The van der Waals surface area contributed by atoms with Crippen LogP contribution in [0.25, 0.3) is 11.0 Å². The zero-order valence-corrected chi connectivity index (χ0v) is 18.0. The number of fused-ring (bicyclic) bond motifs is 1. The number of benzene rings is 1. The molecule has 170 valence electrons. The van der Waals surface area contributed by atoms with Gasteiger partial charge in [-0.1, -0.05) is 0 Å². The Kier molecular flexibility index (Phi) is 4.56. The quantitative estimate of drug-likeness (QED) is 0.781. The lowest BCUT2D eigenvalue weighted by Gasteiger charge is -2.57. The average Bonchev–Trinajstić information content (AvgIpc) is 3.21. The van der Waals surface area contributed by atoms with Crippen molar-refractivity contribution in [3.63, 3.8) is 0 Å². The Labute approximate surface area is 185 Å². The van der Waals surface area contributed by atoms with Gasteiger partial charge in [0.2, 0.25) is 5.91 Å².